The Kier molecular flexibility index (Phi) is 5.92. The van der Waals surface area contributed by atoms with Crippen molar-refractivity contribution in [1.82, 2.24) is 0 Å². The van der Waals surface area contributed by atoms with Crippen LogP contribution in [0.3, 0.4) is 0 Å². The zero-order valence-corrected chi connectivity index (χ0v) is 16.2. The van der Waals surface area contributed by atoms with Gasteiger partial charge in [-0.2, -0.15) is 0 Å². The van der Waals surface area contributed by atoms with Crippen LogP contribution in [0.25, 0.3) is 0 Å². The summed E-state index contributed by atoms with van der Waals surface area (Å²) in [5.74, 6) is -1.25. The fourth-order valence-electron chi connectivity index (χ4n) is 3.17. The lowest BCUT2D eigenvalue weighted by Gasteiger charge is -2.18. The SMILES string of the molecule is CC(=O)Nc1ccc(NC(=O)C2CC(=O)N(c3cccc(NC(C)=O)c3)C2)cc1. The lowest BCUT2D eigenvalue weighted by molar-refractivity contribution is -0.122. The average Bonchev–Trinajstić information content (AvgIpc) is 3.04. The van der Waals surface area contributed by atoms with E-state index in [-0.39, 0.29) is 36.6 Å². The number of carbonyl (C=O) groups excluding carboxylic acids is 4. The molecule has 1 atom stereocenters. The minimum absolute atomic E-state index is 0.111. The van der Waals surface area contributed by atoms with Crippen molar-refractivity contribution < 1.29 is 19.2 Å². The van der Waals surface area contributed by atoms with E-state index in [0.29, 0.717) is 22.7 Å². The highest BCUT2D eigenvalue weighted by Gasteiger charge is 2.35. The van der Waals surface area contributed by atoms with Gasteiger partial charge in [0.2, 0.25) is 23.6 Å². The molecule has 2 aromatic carbocycles. The second-order valence-electron chi connectivity index (χ2n) is 6.88. The molecular weight excluding hydrogens is 372 g/mol. The zero-order valence-electron chi connectivity index (χ0n) is 16.2. The number of amides is 4. The molecule has 0 aliphatic carbocycles. The first-order valence-electron chi connectivity index (χ1n) is 9.18. The normalized spacial score (nSPS) is 15.7. The quantitative estimate of drug-likeness (QED) is 0.724. The van der Waals surface area contributed by atoms with E-state index in [1.165, 1.54) is 13.8 Å². The number of nitrogens with one attached hydrogen (secondary N) is 3. The van der Waals surface area contributed by atoms with Crippen molar-refractivity contribution in [1.29, 1.82) is 0 Å². The largest absolute Gasteiger partial charge is 0.326 e. The van der Waals surface area contributed by atoms with E-state index in [1.807, 2.05) is 0 Å². The fourth-order valence-corrected chi connectivity index (χ4v) is 3.17. The summed E-state index contributed by atoms with van der Waals surface area (Å²) >= 11 is 0. The van der Waals surface area contributed by atoms with Crippen LogP contribution in [0.1, 0.15) is 20.3 Å². The van der Waals surface area contributed by atoms with Gasteiger partial charge >= 0.3 is 0 Å². The molecule has 1 heterocycles. The monoisotopic (exact) mass is 394 g/mol. The van der Waals surface area contributed by atoms with Gasteiger partial charge in [-0.1, -0.05) is 6.07 Å². The van der Waals surface area contributed by atoms with E-state index >= 15 is 0 Å². The summed E-state index contributed by atoms with van der Waals surface area (Å²) in [7, 11) is 0. The Labute approximate surface area is 168 Å². The fraction of sp³-hybridized carbons (Fsp3) is 0.238. The molecule has 8 nitrogen and oxygen atoms in total. The Morgan fingerprint density at radius 1 is 0.862 bits per heavy atom. The number of carbonyl (C=O) groups is 4. The van der Waals surface area contributed by atoms with Gasteiger partial charge < -0.3 is 20.9 Å². The summed E-state index contributed by atoms with van der Waals surface area (Å²) < 4.78 is 0. The first-order chi connectivity index (χ1) is 13.8. The summed E-state index contributed by atoms with van der Waals surface area (Å²) in [5.41, 5.74) is 2.45. The second kappa shape index (κ2) is 8.55. The Balaban J connectivity index is 1.64. The van der Waals surface area contributed by atoms with E-state index in [1.54, 1.807) is 53.4 Å². The van der Waals surface area contributed by atoms with Crippen molar-refractivity contribution in [2.45, 2.75) is 20.3 Å². The van der Waals surface area contributed by atoms with Crippen molar-refractivity contribution in [3.63, 3.8) is 0 Å². The van der Waals surface area contributed by atoms with Gasteiger partial charge in [0, 0.05) is 49.6 Å². The standard InChI is InChI=1S/C21H22N4O4/c1-13(26)22-16-6-8-17(9-7-16)24-21(29)15-10-20(28)25(12-15)19-5-3-4-18(11-19)23-14(2)27/h3-9,11,15H,10,12H2,1-2H3,(H,22,26)(H,23,27)(H,24,29). The number of nitrogens with zero attached hydrogens (tertiary/aromatic N) is 1. The number of rotatable bonds is 5. The minimum Gasteiger partial charge on any atom is -0.326 e. The molecule has 1 aliphatic heterocycles. The first-order valence-corrected chi connectivity index (χ1v) is 9.18. The van der Waals surface area contributed by atoms with Crippen LogP contribution in [0.4, 0.5) is 22.7 Å². The molecule has 1 fully saturated rings. The highest BCUT2D eigenvalue weighted by molar-refractivity contribution is 6.04. The van der Waals surface area contributed by atoms with Crippen LogP contribution in [0.2, 0.25) is 0 Å². The Hall–Kier alpha value is -3.68. The van der Waals surface area contributed by atoms with Crippen LogP contribution in [0.15, 0.2) is 48.5 Å². The van der Waals surface area contributed by atoms with E-state index in [2.05, 4.69) is 16.0 Å². The number of anilines is 4. The van der Waals surface area contributed by atoms with Crippen LogP contribution >= 0.6 is 0 Å². The van der Waals surface area contributed by atoms with Crippen molar-refractivity contribution >= 4 is 46.4 Å². The maximum Gasteiger partial charge on any atom is 0.229 e. The van der Waals surface area contributed by atoms with Crippen molar-refractivity contribution in [3.05, 3.63) is 48.5 Å². The second-order valence-corrected chi connectivity index (χ2v) is 6.88. The van der Waals surface area contributed by atoms with Gasteiger partial charge in [-0.15, -0.1) is 0 Å². The van der Waals surface area contributed by atoms with Crippen molar-refractivity contribution in [2.75, 3.05) is 27.4 Å². The number of benzene rings is 2. The van der Waals surface area contributed by atoms with E-state index in [4.69, 9.17) is 0 Å². The molecule has 1 aliphatic rings. The molecular formula is C21H22N4O4. The molecule has 4 amide bonds. The van der Waals surface area contributed by atoms with Gasteiger partial charge in [-0.05, 0) is 42.5 Å². The molecule has 3 rings (SSSR count). The Morgan fingerprint density at radius 3 is 2.07 bits per heavy atom. The third-order valence-corrected chi connectivity index (χ3v) is 4.45. The first kappa shape index (κ1) is 20.1. The van der Waals surface area contributed by atoms with E-state index in [9.17, 15) is 19.2 Å². The van der Waals surface area contributed by atoms with Gasteiger partial charge in [0.1, 0.15) is 0 Å². The lowest BCUT2D eigenvalue weighted by atomic mass is 10.1. The zero-order chi connectivity index (χ0) is 21.0. The molecule has 3 N–H and O–H groups in total. The topological polar surface area (TPSA) is 108 Å². The molecule has 150 valence electrons. The summed E-state index contributed by atoms with van der Waals surface area (Å²) in [6, 6.07) is 13.7. The van der Waals surface area contributed by atoms with Crippen LogP contribution in [0, 0.1) is 5.92 Å². The highest BCUT2D eigenvalue weighted by Crippen LogP contribution is 2.28. The maximum absolute atomic E-state index is 12.6. The Bertz CT molecular complexity index is 955. The molecule has 1 unspecified atom stereocenters. The lowest BCUT2D eigenvalue weighted by Crippen LogP contribution is -2.28. The van der Waals surface area contributed by atoms with Gasteiger partial charge in [0.15, 0.2) is 0 Å². The van der Waals surface area contributed by atoms with Crippen molar-refractivity contribution in [2.24, 2.45) is 5.92 Å². The molecule has 0 saturated carbocycles. The van der Waals surface area contributed by atoms with Gasteiger partial charge in [0.05, 0.1) is 5.92 Å². The predicted molar refractivity (Wildman–Crippen MR) is 111 cm³/mol. The van der Waals surface area contributed by atoms with E-state index in [0.717, 1.165) is 0 Å². The summed E-state index contributed by atoms with van der Waals surface area (Å²) in [5, 5.41) is 8.15. The summed E-state index contributed by atoms with van der Waals surface area (Å²) in [6.07, 6.45) is 0.111. The Morgan fingerprint density at radius 2 is 1.45 bits per heavy atom. The molecule has 8 heteroatoms. The predicted octanol–water partition coefficient (Wildman–Crippen LogP) is 2.60. The highest BCUT2D eigenvalue weighted by atomic mass is 16.2. The van der Waals surface area contributed by atoms with Crippen LogP contribution in [-0.2, 0) is 19.2 Å². The van der Waals surface area contributed by atoms with Crippen LogP contribution in [-0.4, -0.2) is 30.2 Å². The molecule has 0 aromatic heterocycles. The molecule has 1 saturated heterocycles. The van der Waals surface area contributed by atoms with Crippen LogP contribution < -0.4 is 20.9 Å². The minimum atomic E-state index is -0.484. The molecule has 29 heavy (non-hydrogen) atoms. The van der Waals surface area contributed by atoms with Gasteiger partial charge in [0.25, 0.3) is 0 Å². The van der Waals surface area contributed by atoms with Crippen LogP contribution in [0.5, 0.6) is 0 Å². The maximum atomic E-state index is 12.6. The molecule has 0 radical (unpaired) electrons. The van der Waals surface area contributed by atoms with E-state index < -0.39 is 5.92 Å². The molecule has 0 spiro atoms. The third kappa shape index (κ3) is 5.19. The molecule has 2 aromatic rings. The summed E-state index contributed by atoms with van der Waals surface area (Å²) in [4.78, 5) is 48.9. The smallest absolute Gasteiger partial charge is 0.229 e. The summed E-state index contributed by atoms with van der Waals surface area (Å²) in [6.45, 7) is 3.10. The van der Waals surface area contributed by atoms with Crippen molar-refractivity contribution in [3.8, 4) is 0 Å². The third-order valence-electron chi connectivity index (χ3n) is 4.45. The van der Waals surface area contributed by atoms with Gasteiger partial charge in [-0.25, -0.2) is 0 Å². The molecule has 0 bridgehead atoms. The number of hydrogen-bond donors (Lipinski definition) is 3. The van der Waals surface area contributed by atoms with Gasteiger partial charge in [-0.3, -0.25) is 19.2 Å². The number of hydrogen-bond acceptors (Lipinski definition) is 4. The average molecular weight is 394 g/mol.